The van der Waals surface area contributed by atoms with E-state index in [4.69, 9.17) is 14.3 Å². The number of hydrogen-bond donors (Lipinski definition) is 2. The first-order valence-electron chi connectivity index (χ1n) is 10.1. The molecular weight excluding hydrogens is 266 g/mol. The molecule has 1 aromatic heterocycles. The van der Waals surface area contributed by atoms with Gasteiger partial charge in [0.1, 0.15) is 6.61 Å². The number of H-pyrrole nitrogens is 1. The summed E-state index contributed by atoms with van der Waals surface area (Å²) in [6.45, 7) is -4.81. The van der Waals surface area contributed by atoms with Gasteiger partial charge in [-0.25, -0.2) is 4.79 Å². The third kappa shape index (κ3) is 3.19. The van der Waals surface area contributed by atoms with Gasteiger partial charge in [0.15, 0.2) is 0 Å². The van der Waals surface area contributed by atoms with E-state index in [1.54, 1.807) is 24.4 Å². The summed E-state index contributed by atoms with van der Waals surface area (Å²) in [7, 11) is 1.20. The minimum atomic E-state index is -2.58. The first-order valence-corrected chi connectivity index (χ1v) is 6.60. The highest BCUT2D eigenvalue weighted by molar-refractivity contribution is 5.84. The molecule has 1 atom stereocenters. The molecule has 0 spiro atoms. The topological polar surface area (TPSA) is 57.4 Å². The van der Waals surface area contributed by atoms with Gasteiger partial charge in [-0.15, -0.1) is 0 Å². The lowest BCUT2D eigenvalue weighted by Crippen LogP contribution is -2.28. The fourth-order valence-electron chi connectivity index (χ4n) is 2.28. The monoisotopic (exact) mass is 294 g/mol. The molecule has 1 amide bonds. The Bertz CT molecular complexity index is 894. The lowest BCUT2D eigenvalue weighted by molar-refractivity contribution is 0.177. The summed E-state index contributed by atoms with van der Waals surface area (Å²) >= 11 is 0. The van der Waals surface area contributed by atoms with Crippen LogP contribution in [0.15, 0.2) is 24.4 Å². The van der Waals surface area contributed by atoms with Crippen molar-refractivity contribution in [3.05, 3.63) is 35.5 Å². The van der Waals surface area contributed by atoms with Crippen LogP contribution in [0.5, 0.6) is 0 Å². The SMILES string of the molecule is [2H]C([2H])(c1ccc2[nH]cc(CC([2H])([2H])N(C)C([2H])([2H])[2H])c2c1)[C@H]1COC(=O)N1. The molecule has 0 saturated carbocycles. The van der Waals surface area contributed by atoms with Crippen LogP contribution < -0.4 is 5.32 Å². The highest BCUT2D eigenvalue weighted by Gasteiger charge is 2.22. The average Bonchev–Trinajstić information content (AvgIpc) is 3.19. The van der Waals surface area contributed by atoms with Crippen LogP contribution in [0.3, 0.4) is 0 Å². The second-order valence-corrected chi connectivity index (χ2v) is 4.91. The maximum absolute atomic E-state index is 11.3. The highest BCUT2D eigenvalue weighted by atomic mass is 16.6. The van der Waals surface area contributed by atoms with E-state index in [0.717, 1.165) is 0 Å². The van der Waals surface area contributed by atoms with Crippen molar-refractivity contribution in [1.29, 1.82) is 0 Å². The van der Waals surface area contributed by atoms with E-state index in [9.17, 15) is 4.79 Å². The summed E-state index contributed by atoms with van der Waals surface area (Å²) in [6.07, 6.45) is -1.17. The zero-order valence-electron chi connectivity index (χ0n) is 18.6. The molecule has 2 N–H and O–H groups in total. The van der Waals surface area contributed by atoms with Gasteiger partial charge >= 0.3 is 6.09 Å². The Balaban J connectivity index is 1.94. The molecule has 5 heteroatoms. The first kappa shape index (κ1) is 7.84. The first-order chi connectivity index (χ1) is 12.8. The van der Waals surface area contributed by atoms with Crippen molar-refractivity contribution in [3.63, 3.8) is 0 Å². The van der Waals surface area contributed by atoms with Crippen LogP contribution in [-0.2, 0) is 17.5 Å². The minimum Gasteiger partial charge on any atom is -0.447 e. The number of aromatic nitrogens is 1. The molecule has 1 saturated heterocycles. The maximum Gasteiger partial charge on any atom is 0.407 e. The molecular formula is C16H21N3O2. The molecule has 1 aliphatic rings. The van der Waals surface area contributed by atoms with Crippen LogP contribution in [0.2, 0.25) is 0 Å². The Morgan fingerprint density at radius 3 is 3.24 bits per heavy atom. The molecule has 2 aromatic rings. The van der Waals surface area contributed by atoms with Gasteiger partial charge in [0.05, 0.1) is 6.04 Å². The van der Waals surface area contributed by atoms with Crippen molar-refractivity contribution >= 4 is 17.0 Å². The smallest absolute Gasteiger partial charge is 0.407 e. The van der Waals surface area contributed by atoms with Crippen LogP contribution in [0.1, 0.15) is 20.7 Å². The molecule has 5 nitrogen and oxygen atoms in total. The fourth-order valence-corrected chi connectivity index (χ4v) is 2.28. The van der Waals surface area contributed by atoms with E-state index < -0.39 is 32.0 Å². The molecule has 1 aliphatic heterocycles. The zero-order valence-corrected chi connectivity index (χ0v) is 11.6. The molecule has 0 unspecified atom stereocenters. The normalized spacial score (nSPS) is 25.1. The highest BCUT2D eigenvalue weighted by Crippen LogP contribution is 2.21. The van der Waals surface area contributed by atoms with Gasteiger partial charge in [0, 0.05) is 33.2 Å². The number of fused-ring (bicyclic) bond motifs is 1. The lowest BCUT2D eigenvalue weighted by atomic mass is 10.0. The van der Waals surface area contributed by atoms with Crippen LogP contribution in [0.25, 0.3) is 10.9 Å². The molecule has 0 radical (unpaired) electrons. The van der Waals surface area contributed by atoms with E-state index in [-0.39, 0.29) is 13.0 Å². The van der Waals surface area contributed by atoms with E-state index in [1.807, 2.05) is 0 Å². The standard InChI is InChI=1S/C16H21N3O2/c1-19(2)6-5-12-9-17-15-4-3-11(8-14(12)15)7-13-10-21-16(20)18-13/h3-4,8-9,13,17H,5-7,10H2,1-2H3,(H,18,20)/t13-/m0/s1/i1D3,6D2,7D2. The summed E-state index contributed by atoms with van der Waals surface area (Å²) in [6, 6.07) is 4.02. The third-order valence-electron chi connectivity index (χ3n) is 3.29. The van der Waals surface area contributed by atoms with Gasteiger partial charge in [0.25, 0.3) is 0 Å². The number of ether oxygens (including phenoxy) is 1. The predicted octanol–water partition coefficient (Wildman–Crippen LogP) is 1.92. The molecule has 1 aromatic carbocycles. The number of likely N-dealkylation sites (N-methyl/N-ethyl adjacent to an activating group) is 1. The quantitative estimate of drug-likeness (QED) is 0.886. The number of aryl methyl sites for hydroxylation is 1. The predicted molar refractivity (Wildman–Crippen MR) is 82.5 cm³/mol. The molecule has 1 fully saturated rings. The Morgan fingerprint density at radius 1 is 1.57 bits per heavy atom. The summed E-state index contributed by atoms with van der Waals surface area (Å²) in [4.78, 5) is 15.0. The molecule has 0 aliphatic carbocycles. The number of nitrogens with zero attached hydrogens (tertiary/aromatic N) is 1. The maximum atomic E-state index is 11.3. The molecule has 21 heavy (non-hydrogen) atoms. The minimum absolute atomic E-state index is 0.0875. The Morgan fingerprint density at radius 2 is 2.48 bits per heavy atom. The number of carbonyl (C=O) groups excluding carboxylic acids is 1. The number of benzene rings is 1. The number of aromatic amines is 1. The van der Waals surface area contributed by atoms with Gasteiger partial charge in [-0.2, -0.15) is 0 Å². The number of rotatable bonds is 5. The summed E-state index contributed by atoms with van der Waals surface area (Å²) < 4.78 is 60.2. The van der Waals surface area contributed by atoms with E-state index in [2.05, 4.69) is 10.3 Å². The Kier molecular flexibility index (Phi) is 2.16. The average molecular weight is 294 g/mol. The number of amides is 1. The van der Waals surface area contributed by atoms with Crippen LogP contribution >= 0.6 is 0 Å². The number of nitrogens with one attached hydrogen (secondary N) is 2. The number of alkyl carbamates (subject to hydrolysis) is 1. The zero-order chi connectivity index (χ0) is 20.9. The van der Waals surface area contributed by atoms with E-state index in [1.165, 1.54) is 7.05 Å². The summed E-state index contributed by atoms with van der Waals surface area (Å²) in [5.41, 5.74) is 1.51. The fraction of sp³-hybridized carbons (Fsp3) is 0.438. The Hall–Kier alpha value is -2.01. The van der Waals surface area contributed by atoms with Gasteiger partial charge in [-0.05, 0) is 50.1 Å². The molecule has 2 heterocycles. The molecule has 0 bridgehead atoms. The van der Waals surface area contributed by atoms with Crippen LogP contribution in [0.4, 0.5) is 4.79 Å². The molecule has 112 valence electrons. The van der Waals surface area contributed by atoms with Crippen molar-refractivity contribution in [2.24, 2.45) is 0 Å². The van der Waals surface area contributed by atoms with Crippen LogP contribution in [0, 0.1) is 0 Å². The lowest BCUT2D eigenvalue weighted by Gasteiger charge is -2.09. The number of cyclic esters (lactones) is 1. The van der Waals surface area contributed by atoms with Gasteiger partial charge < -0.3 is 19.9 Å². The number of carbonyl (C=O) groups is 1. The van der Waals surface area contributed by atoms with Crippen LogP contribution in [-0.4, -0.2) is 49.1 Å². The van der Waals surface area contributed by atoms with E-state index >= 15 is 0 Å². The van der Waals surface area contributed by atoms with Crippen molar-refractivity contribution < 1.29 is 19.1 Å². The van der Waals surface area contributed by atoms with Crippen molar-refractivity contribution in [2.45, 2.75) is 18.8 Å². The summed E-state index contributed by atoms with van der Waals surface area (Å²) in [5.74, 6) is 0. The van der Waals surface area contributed by atoms with Crippen molar-refractivity contribution in [2.75, 3.05) is 27.1 Å². The van der Waals surface area contributed by atoms with Crippen molar-refractivity contribution in [3.8, 4) is 0 Å². The second kappa shape index (κ2) is 5.77. The largest absolute Gasteiger partial charge is 0.447 e. The van der Waals surface area contributed by atoms with Crippen molar-refractivity contribution in [1.82, 2.24) is 15.2 Å². The number of hydrogen-bond acceptors (Lipinski definition) is 3. The second-order valence-electron chi connectivity index (χ2n) is 4.91. The molecule has 3 rings (SSSR count). The Labute approximate surface area is 134 Å². The summed E-state index contributed by atoms with van der Waals surface area (Å²) in [5, 5.41) is 3.04. The third-order valence-corrected chi connectivity index (χ3v) is 3.29. The van der Waals surface area contributed by atoms with Gasteiger partial charge in [0.2, 0.25) is 0 Å². The van der Waals surface area contributed by atoms with E-state index in [0.29, 0.717) is 26.9 Å². The van der Waals surface area contributed by atoms with Gasteiger partial charge in [-0.3, -0.25) is 0 Å². The van der Waals surface area contributed by atoms with Gasteiger partial charge in [-0.1, -0.05) is 6.07 Å².